The molecule has 0 aromatic heterocycles. The number of carbonyl (C=O) groups is 1. The zero-order valence-electron chi connectivity index (χ0n) is 18.2. The van der Waals surface area contributed by atoms with Crippen molar-refractivity contribution in [2.75, 3.05) is 19.5 Å². The average molecular weight is 428 g/mol. The fourth-order valence-electron chi connectivity index (χ4n) is 2.93. The summed E-state index contributed by atoms with van der Waals surface area (Å²) in [4.78, 5) is 12.5. The number of nitriles is 1. The molecule has 3 aromatic rings. The molecule has 3 rings (SSSR count). The van der Waals surface area contributed by atoms with Gasteiger partial charge < -0.3 is 19.5 Å². The maximum absolute atomic E-state index is 12.5. The normalized spacial score (nSPS) is 10.8. The summed E-state index contributed by atoms with van der Waals surface area (Å²) in [6.45, 7) is 2.44. The lowest BCUT2D eigenvalue weighted by molar-refractivity contribution is -0.112. The van der Waals surface area contributed by atoms with Gasteiger partial charge in [0.2, 0.25) is 0 Å². The number of aryl methyl sites for hydroxylation is 1. The van der Waals surface area contributed by atoms with Crippen LogP contribution in [-0.4, -0.2) is 20.1 Å². The Morgan fingerprint density at radius 2 is 1.69 bits per heavy atom. The van der Waals surface area contributed by atoms with Crippen molar-refractivity contribution >= 4 is 17.7 Å². The van der Waals surface area contributed by atoms with Crippen LogP contribution in [0.1, 0.15) is 16.7 Å². The van der Waals surface area contributed by atoms with Crippen LogP contribution in [0.25, 0.3) is 6.08 Å². The number of carbonyl (C=O) groups excluding carboxylic acids is 1. The molecule has 32 heavy (non-hydrogen) atoms. The highest BCUT2D eigenvalue weighted by Crippen LogP contribution is 2.30. The molecule has 0 saturated carbocycles. The minimum absolute atomic E-state index is 0.0313. The summed E-state index contributed by atoms with van der Waals surface area (Å²) in [7, 11) is 3.11. The van der Waals surface area contributed by atoms with Crippen LogP contribution in [0.2, 0.25) is 0 Å². The van der Waals surface area contributed by atoms with Crippen molar-refractivity contribution in [3.05, 3.63) is 89.0 Å². The lowest BCUT2D eigenvalue weighted by Gasteiger charge is -2.12. The first-order valence-electron chi connectivity index (χ1n) is 9.96. The van der Waals surface area contributed by atoms with Gasteiger partial charge in [0.15, 0.2) is 11.5 Å². The van der Waals surface area contributed by atoms with Gasteiger partial charge >= 0.3 is 0 Å². The molecule has 0 aliphatic carbocycles. The molecule has 0 fully saturated rings. The molecule has 1 N–H and O–H groups in total. The maximum Gasteiger partial charge on any atom is 0.266 e. The number of hydrogen-bond acceptors (Lipinski definition) is 5. The number of benzene rings is 3. The van der Waals surface area contributed by atoms with Gasteiger partial charge in [-0.3, -0.25) is 4.79 Å². The highest BCUT2D eigenvalue weighted by Gasteiger charge is 2.11. The Bertz CT molecular complexity index is 1140. The second kappa shape index (κ2) is 10.7. The van der Waals surface area contributed by atoms with Crippen molar-refractivity contribution in [3.63, 3.8) is 0 Å². The SMILES string of the molecule is COc1ccc(NC(=O)/C(C#N)=C/c2ccc(OCc3ccc(C)cc3)c(OC)c2)cc1. The Morgan fingerprint density at radius 1 is 0.969 bits per heavy atom. The van der Waals surface area contributed by atoms with Gasteiger partial charge in [-0.05, 0) is 60.5 Å². The standard InChI is InChI=1S/C26H24N2O4/c1-18-4-6-19(7-5-18)17-32-24-13-8-20(15-25(24)31-3)14-21(16-27)26(29)28-22-9-11-23(30-2)12-10-22/h4-15H,17H2,1-3H3,(H,28,29)/b21-14+. The summed E-state index contributed by atoms with van der Waals surface area (Å²) >= 11 is 0. The highest BCUT2D eigenvalue weighted by atomic mass is 16.5. The van der Waals surface area contributed by atoms with Crippen LogP contribution >= 0.6 is 0 Å². The first kappa shape index (κ1) is 22.4. The van der Waals surface area contributed by atoms with Crippen LogP contribution in [0.4, 0.5) is 5.69 Å². The first-order valence-corrected chi connectivity index (χ1v) is 9.96. The van der Waals surface area contributed by atoms with Gasteiger partial charge in [-0.15, -0.1) is 0 Å². The Kier molecular flexibility index (Phi) is 7.50. The van der Waals surface area contributed by atoms with Gasteiger partial charge in [0, 0.05) is 5.69 Å². The molecule has 0 saturated heterocycles. The second-order valence-corrected chi connectivity index (χ2v) is 7.04. The molecule has 0 spiro atoms. The summed E-state index contributed by atoms with van der Waals surface area (Å²) in [5.74, 6) is 1.26. The fourth-order valence-corrected chi connectivity index (χ4v) is 2.93. The summed E-state index contributed by atoms with van der Waals surface area (Å²) in [5, 5.41) is 12.2. The number of anilines is 1. The molecule has 0 radical (unpaired) electrons. The molecule has 0 atom stereocenters. The molecule has 0 aliphatic heterocycles. The highest BCUT2D eigenvalue weighted by molar-refractivity contribution is 6.09. The largest absolute Gasteiger partial charge is 0.497 e. The van der Waals surface area contributed by atoms with Crippen LogP contribution < -0.4 is 19.5 Å². The van der Waals surface area contributed by atoms with Crippen molar-refractivity contribution in [2.45, 2.75) is 13.5 Å². The van der Waals surface area contributed by atoms with E-state index < -0.39 is 5.91 Å². The summed E-state index contributed by atoms with van der Waals surface area (Å²) in [6, 6.07) is 22.2. The van der Waals surface area contributed by atoms with E-state index in [2.05, 4.69) is 5.32 Å². The molecule has 6 heteroatoms. The number of nitrogens with zero attached hydrogens (tertiary/aromatic N) is 1. The number of hydrogen-bond donors (Lipinski definition) is 1. The monoisotopic (exact) mass is 428 g/mol. The predicted molar refractivity (Wildman–Crippen MR) is 124 cm³/mol. The lowest BCUT2D eigenvalue weighted by atomic mass is 10.1. The number of ether oxygens (including phenoxy) is 3. The molecular weight excluding hydrogens is 404 g/mol. The van der Waals surface area contributed by atoms with Crippen molar-refractivity contribution in [1.82, 2.24) is 0 Å². The van der Waals surface area contributed by atoms with E-state index in [0.29, 0.717) is 35.1 Å². The van der Waals surface area contributed by atoms with Crippen molar-refractivity contribution in [3.8, 4) is 23.3 Å². The molecule has 1 amide bonds. The van der Waals surface area contributed by atoms with Crippen molar-refractivity contribution in [2.24, 2.45) is 0 Å². The number of nitrogens with one attached hydrogen (secondary N) is 1. The van der Waals surface area contributed by atoms with Crippen LogP contribution in [0.15, 0.2) is 72.3 Å². The van der Waals surface area contributed by atoms with Gasteiger partial charge in [-0.25, -0.2) is 0 Å². The van der Waals surface area contributed by atoms with Gasteiger partial charge in [-0.1, -0.05) is 35.9 Å². The minimum atomic E-state index is -0.503. The quantitative estimate of drug-likeness (QED) is 0.397. The third kappa shape index (κ3) is 5.89. The average Bonchev–Trinajstić information content (AvgIpc) is 2.82. The Labute approximate surface area is 187 Å². The predicted octanol–water partition coefficient (Wildman–Crippen LogP) is 5.14. The first-order chi connectivity index (χ1) is 15.5. The van der Waals surface area contributed by atoms with E-state index in [-0.39, 0.29) is 5.57 Å². The van der Waals surface area contributed by atoms with E-state index in [1.54, 1.807) is 56.7 Å². The Balaban J connectivity index is 1.72. The fraction of sp³-hybridized carbons (Fsp3) is 0.154. The molecular formula is C26H24N2O4. The topological polar surface area (TPSA) is 80.6 Å². The molecule has 0 bridgehead atoms. The Hall–Kier alpha value is -4.24. The zero-order valence-corrected chi connectivity index (χ0v) is 18.2. The Morgan fingerprint density at radius 3 is 2.31 bits per heavy atom. The second-order valence-electron chi connectivity index (χ2n) is 7.04. The van der Waals surface area contributed by atoms with Gasteiger partial charge in [-0.2, -0.15) is 5.26 Å². The van der Waals surface area contributed by atoms with E-state index in [4.69, 9.17) is 14.2 Å². The summed E-state index contributed by atoms with van der Waals surface area (Å²) in [5.41, 5.74) is 3.41. The van der Waals surface area contributed by atoms with E-state index in [1.807, 2.05) is 37.3 Å². The molecule has 0 heterocycles. The van der Waals surface area contributed by atoms with Gasteiger partial charge in [0.25, 0.3) is 5.91 Å². The van der Waals surface area contributed by atoms with Crippen molar-refractivity contribution in [1.29, 1.82) is 5.26 Å². The molecule has 6 nitrogen and oxygen atoms in total. The van der Waals surface area contributed by atoms with Crippen LogP contribution in [0.5, 0.6) is 17.2 Å². The molecule has 0 unspecified atom stereocenters. The zero-order chi connectivity index (χ0) is 22.9. The van der Waals surface area contributed by atoms with E-state index in [9.17, 15) is 10.1 Å². The van der Waals surface area contributed by atoms with E-state index in [0.717, 1.165) is 5.56 Å². The molecule has 0 aliphatic rings. The molecule has 3 aromatic carbocycles. The van der Waals surface area contributed by atoms with Gasteiger partial charge in [0.05, 0.1) is 14.2 Å². The lowest BCUT2D eigenvalue weighted by Crippen LogP contribution is -2.13. The number of methoxy groups -OCH3 is 2. The third-order valence-electron chi connectivity index (χ3n) is 4.73. The van der Waals surface area contributed by atoms with Crippen LogP contribution in [-0.2, 0) is 11.4 Å². The van der Waals surface area contributed by atoms with E-state index in [1.165, 1.54) is 11.6 Å². The summed E-state index contributed by atoms with van der Waals surface area (Å²) in [6.07, 6.45) is 1.51. The van der Waals surface area contributed by atoms with Gasteiger partial charge in [0.1, 0.15) is 24.0 Å². The van der Waals surface area contributed by atoms with Crippen LogP contribution in [0.3, 0.4) is 0 Å². The van der Waals surface area contributed by atoms with E-state index >= 15 is 0 Å². The van der Waals surface area contributed by atoms with Crippen molar-refractivity contribution < 1.29 is 19.0 Å². The van der Waals surface area contributed by atoms with Crippen LogP contribution in [0, 0.1) is 18.3 Å². The minimum Gasteiger partial charge on any atom is -0.497 e. The molecule has 162 valence electrons. The number of rotatable bonds is 8. The number of amides is 1. The third-order valence-corrected chi connectivity index (χ3v) is 4.73. The summed E-state index contributed by atoms with van der Waals surface area (Å²) < 4.78 is 16.4. The maximum atomic E-state index is 12.5. The smallest absolute Gasteiger partial charge is 0.266 e.